The Morgan fingerprint density at radius 1 is 1.20 bits per heavy atom. The highest BCUT2D eigenvalue weighted by Crippen LogP contribution is 2.33. The van der Waals surface area contributed by atoms with Gasteiger partial charge in [0.15, 0.2) is 15.0 Å². The van der Waals surface area contributed by atoms with Crippen LogP contribution in [0.3, 0.4) is 0 Å². The molecule has 12 heteroatoms. The van der Waals surface area contributed by atoms with Gasteiger partial charge in [0.2, 0.25) is 5.91 Å². The number of para-hydroxylation sites is 1. The molecule has 0 radical (unpaired) electrons. The van der Waals surface area contributed by atoms with Gasteiger partial charge in [0.1, 0.15) is 5.52 Å². The smallest absolute Gasteiger partial charge is 0.229 e. The summed E-state index contributed by atoms with van der Waals surface area (Å²) in [6.45, 7) is 4.21. The molecule has 35 heavy (non-hydrogen) atoms. The number of thiazole rings is 1. The number of sulfone groups is 1. The van der Waals surface area contributed by atoms with E-state index in [2.05, 4.69) is 9.88 Å². The molecule has 0 spiro atoms. The number of amides is 1. The van der Waals surface area contributed by atoms with Gasteiger partial charge in [-0.2, -0.15) is 0 Å². The molecule has 0 atom stereocenters. The Balaban J connectivity index is 0.00000342. The highest BCUT2D eigenvalue weighted by atomic mass is 35.5. The van der Waals surface area contributed by atoms with Gasteiger partial charge in [-0.25, -0.2) is 13.4 Å². The number of rotatable bonds is 9. The third-order valence-electron chi connectivity index (χ3n) is 5.44. The lowest BCUT2D eigenvalue weighted by Crippen LogP contribution is -2.43. The maximum Gasteiger partial charge on any atom is 0.229 e. The first kappa shape index (κ1) is 28.2. The number of anilines is 1. The maximum atomic E-state index is 13.3. The molecule has 0 saturated carbocycles. The van der Waals surface area contributed by atoms with Gasteiger partial charge in [0.25, 0.3) is 0 Å². The molecule has 2 aromatic carbocycles. The molecule has 190 valence electrons. The van der Waals surface area contributed by atoms with Crippen LogP contribution in [-0.4, -0.2) is 75.6 Å². The largest absolute Gasteiger partial charge is 0.379 e. The number of morpholine rings is 1. The van der Waals surface area contributed by atoms with Crippen LogP contribution in [0.2, 0.25) is 5.02 Å². The van der Waals surface area contributed by atoms with Crippen molar-refractivity contribution in [2.24, 2.45) is 0 Å². The minimum absolute atomic E-state index is 0. The van der Waals surface area contributed by atoms with E-state index in [0.29, 0.717) is 54.1 Å². The summed E-state index contributed by atoms with van der Waals surface area (Å²) in [6, 6.07) is 12.7. The Morgan fingerprint density at radius 3 is 2.60 bits per heavy atom. The molecule has 3 aromatic rings. The van der Waals surface area contributed by atoms with Crippen LogP contribution in [0.4, 0.5) is 5.13 Å². The summed E-state index contributed by atoms with van der Waals surface area (Å²) in [4.78, 5) is 23.1. The number of thioether (sulfide) groups is 1. The Hall–Kier alpha value is -1.40. The standard InChI is InChI=1S/C23H26ClN3O4S3.ClH/c1-34(29,30)20-4-2-3-19-22(20)25-23(33-19)27(11-10-26-12-14-31-15-13-26)21(28)9-16-32-18-7-5-17(24)6-8-18;/h2-8H,9-16H2,1H3;1H. The van der Waals surface area contributed by atoms with Crippen molar-refractivity contribution in [3.05, 3.63) is 47.5 Å². The summed E-state index contributed by atoms with van der Waals surface area (Å²) in [5.74, 6) is 0.586. The van der Waals surface area contributed by atoms with Crippen LogP contribution in [0.25, 0.3) is 10.2 Å². The lowest BCUT2D eigenvalue weighted by Gasteiger charge is -2.29. The quantitative estimate of drug-likeness (QED) is 0.344. The molecule has 1 aromatic heterocycles. The number of fused-ring (bicyclic) bond motifs is 1. The molecule has 4 rings (SSSR count). The first-order valence-electron chi connectivity index (χ1n) is 10.9. The van der Waals surface area contributed by atoms with E-state index in [1.165, 1.54) is 17.6 Å². The van der Waals surface area contributed by atoms with E-state index < -0.39 is 9.84 Å². The highest BCUT2D eigenvalue weighted by Gasteiger charge is 2.23. The van der Waals surface area contributed by atoms with E-state index in [1.807, 2.05) is 30.3 Å². The van der Waals surface area contributed by atoms with E-state index >= 15 is 0 Å². The second kappa shape index (κ2) is 12.7. The third-order valence-corrected chi connectivity index (χ3v) is 8.88. The van der Waals surface area contributed by atoms with E-state index in [1.54, 1.807) is 28.8 Å². The average Bonchev–Trinajstić information content (AvgIpc) is 3.24. The summed E-state index contributed by atoms with van der Waals surface area (Å²) in [5.41, 5.74) is 0.421. The number of carbonyl (C=O) groups is 1. The minimum atomic E-state index is -3.43. The van der Waals surface area contributed by atoms with Crippen LogP contribution < -0.4 is 4.90 Å². The molecule has 0 bridgehead atoms. The van der Waals surface area contributed by atoms with E-state index in [4.69, 9.17) is 16.3 Å². The van der Waals surface area contributed by atoms with Crippen LogP contribution in [0.1, 0.15) is 6.42 Å². The number of benzene rings is 2. The molecule has 0 unspecified atom stereocenters. The Kier molecular flexibility index (Phi) is 10.2. The van der Waals surface area contributed by atoms with Crippen molar-refractivity contribution in [3.8, 4) is 0 Å². The van der Waals surface area contributed by atoms with Crippen LogP contribution >= 0.6 is 47.1 Å². The van der Waals surface area contributed by atoms with Crippen LogP contribution in [-0.2, 0) is 19.4 Å². The van der Waals surface area contributed by atoms with Crippen LogP contribution in [0.5, 0.6) is 0 Å². The number of aromatic nitrogens is 1. The van der Waals surface area contributed by atoms with Gasteiger partial charge >= 0.3 is 0 Å². The molecule has 1 aliphatic rings. The summed E-state index contributed by atoms with van der Waals surface area (Å²) in [5, 5.41) is 1.21. The number of carbonyl (C=O) groups excluding carboxylic acids is 1. The Labute approximate surface area is 225 Å². The van der Waals surface area contributed by atoms with Gasteiger partial charge in [-0.3, -0.25) is 14.6 Å². The normalized spacial score (nSPS) is 14.6. The number of hydrogen-bond acceptors (Lipinski definition) is 8. The SMILES string of the molecule is CS(=O)(=O)c1cccc2sc(N(CCN3CCOCC3)C(=O)CCSc3ccc(Cl)cc3)nc12.Cl. The van der Waals surface area contributed by atoms with Crippen LogP contribution in [0.15, 0.2) is 52.3 Å². The second-order valence-electron chi connectivity index (χ2n) is 7.92. The van der Waals surface area contributed by atoms with Gasteiger partial charge in [0, 0.05) is 54.5 Å². The van der Waals surface area contributed by atoms with Crippen molar-refractivity contribution >= 4 is 78.2 Å². The average molecular weight is 577 g/mol. The Bertz CT molecular complexity index is 1250. The van der Waals surface area contributed by atoms with Crippen molar-refractivity contribution in [3.63, 3.8) is 0 Å². The number of hydrogen-bond donors (Lipinski definition) is 0. The lowest BCUT2D eigenvalue weighted by atomic mass is 10.3. The molecule has 1 saturated heterocycles. The van der Waals surface area contributed by atoms with Crippen molar-refractivity contribution in [1.29, 1.82) is 0 Å². The van der Waals surface area contributed by atoms with Gasteiger partial charge in [0.05, 0.1) is 22.8 Å². The highest BCUT2D eigenvalue weighted by molar-refractivity contribution is 7.99. The van der Waals surface area contributed by atoms with Gasteiger partial charge in [-0.1, -0.05) is 29.0 Å². The molecule has 2 heterocycles. The summed E-state index contributed by atoms with van der Waals surface area (Å²) in [6.07, 6.45) is 1.52. The molecular formula is C23H27Cl2N3O4S3. The monoisotopic (exact) mass is 575 g/mol. The number of halogens is 2. The zero-order valence-electron chi connectivity index (χ0n) is 19.2. The van der Waals surface area contributed by atoms with Crippen molar-refractivity contribution in [1.82, 2.24) is 9.88 Å². The molecule has 1 amide bonds. The predicted octanol–water partition coefficient (Wildman–Crippen LogP) is 4.62. The summed E-state index contributed by atoms with van der Waals surface area (Å²) < 4.78 is 30.7. The Morgan fingerprint density at radius 2 is 1.91 bits per heavy atom. The predicted molar refractivity (Wildman–Crippen MR) is 146 cm³/mol. The van der Waals surface area contributed by atoms with Gasteiger partial charge < -0.3 is 4.74 Å². The zero-order chi connectivity index (χ0) is 24.1. The first-order valence-corrected chi connectivity index (χ1v) is 15.0. The topological polar surface area (TPSA) is 79.8 Å². The maximum absolute atomic E-state index is 13.3. The molecule has 0 aliphatic carbocycles. The summed E-state index contributed by atoms with van der Waals surface area (Å²) >= 11 is 8.90. The second-order valence-corrected chi connectivity index (χ2v) is 12.5. The van der Waals surface area contributed by atoms with E-state index in [0.717, 1.165) is 22.7 Å². The van der Waals surface area contributed by atoms with Gasteiger partial charge in [-0.15, -0.1) is 24.2 Å². The molecule has 1 fully saturated rings. The molecular weight excluding hydrogens is 549 g/mol. The fourth-order valence-corrected chi connectivity index (χ4v) is 6.54. The van der Waals surface area contributed by atoms with Crippen molar-refractivity contribution < 1.29 is 17.9 Å². The third kappa shape index (κ3) is 7.55. The fourth-order valence-electron chi connectivity index (χ4n) is 3.64. The number of ether oxygens (including phenoxy) is 1. The minimum Gasteiger partial charge on any atom is -0.379 e. The van der Waals surface area contributed by atoms with E-state index in [-0.39, 0.29) is 23.2 Å². The molecule has 0 N–H and O–H groups in total. The van der Waals surface area contributed by atoms with E-state index in [9.17, 15) is 13.2 Å². The summed E-state index contributed by atoms with van der Waals surface area (Å²) in [7, 11) is -3.43. The molecule has 7 nitrogen and oxygen atoms in total. The fraction of sp³-hybridized carbons (Fsp3) is 0.391. The van der Waals surface area contributed by atoms with Crippen LogP contribution in [0, 0.1) is 0 Å². The number of nitrogens with zero attached hydrogens (tertiary/aromatic N) is 3. The zero-order valence-corrected chi connectivity index (χ0v) is 23.2. The lowest BCUT2D eigenvalue weighted by molar-refractivity contribution is -0.118. The first-order chi connectivity index (χ1) is 16.3. The van der Waals surface area contributed by atoms with Gasteiger partial charge in [-0.05, 0) is 36.4 Å². The van der Waals surface area contributed by atoms with Crippen molar-refractivity contribution in [2.45, 2.75) is 16.2 Å². The van der Waals surface area contributed by atoms with Crippen molar-refractivity contribution in [2.75, 3.05) is 56.3 Å². The molecule has 1 aliphatic heterocycles.